The van der Waals surface area contributed by atoms with E-state index >= 15 is 0 Å². The lowest BCUT2D eigenvalue weighted by Crippen LogP contribution is -2.35. The summed E-state index contributed by atoms with van der Waals surface area (Å²) in [4.78, 5) is 5.76. The molecular weight excluding hydrogens is 218 g/mol. The Labute approximate surface area is 99.5 Å². The molecule has 0 aliphatic heterocycles. The molecule has 2 aromatic rings. The van der Waals surface area contributed by atoms with Crippen LogP contribution in [-0.4, -0.2) is 14.6 Å². The van der Waals surface area contributed by atoms with Crippen molar-refractivity contribution in [1.29, 1.82) is 0 Å². The highest BCUT2D eigenvalue weighted by Crippen LogP contribution is 2.45. The highest BCUT2D eigenvalue weighted by atomic mass is 32.1. The average molecular weight is 235 g/mol. The molecule has 0 amide bonds. The van der Waals surface area contributed by atoms with Gasteiger partial charge in [-0.1, -0.05) is 39.0 Å². The van der Waals surface area contributed by atoms with E-state index in [0.29, 0.717) is 5.41 Å². The van der Waals surface area contributed by atoms with Crippen LogP contribution in [0.3, 0.4) is 0 Å². The smallest absolute Gasteiger partial charge is 0.212 e. The summed E-state index contributed by atoms with van der Waals surface area (Å²) in [7, 11) is 0. The van der Waals surface area contributed by atoms with Gasteiger partial charge in [0.05, 0.1) is 11.4 Å². The van der Waals surface area contributed by atoms with Gasteiger partial charge in [0.25, 0.3) is 0 Å². The van der Waals surface area contributed by atoms with Gasteiger partial charge in [0.15, 0.2) is 0 Å². The molecule has 0 radical (unpaired) electrons. The predicted molar refractivity (Wildman–Crippen MR) is 66.0 cm³/mol. The summed E-state index contributed by atoms with van der Waals surface area (Å²) in [5.74, 6) is 0. The molecule has 1 aliphatic carbocycles. The van der Waals surface area contributed by atoms with E-state index in [0.717, 1.165) is 11.4 Å². The molecule has 1 aliphatic rings. The largest absolute Gasteiger partial charge is 0.222 e. The summed E-state index contributed by atoms with van der Waals surface area (Å²) in [6, 6.07) is 0. The second kappa shape index (κ2) is 2.86. The summed E-state index contributed by atoms with van der Waals surface area (Å²) in [5, 5.41) is 4.41. The SMILES string of the molecule is CC1(C)Cc2nc3scnn3c2C(C)(C)C1. The molecule has 3 rings (SSSR count). The first-order valence-corrected chi connectivity index (χ1v) is 6.59. The number of hydrogen-bond donors (Lipinski definition) is 0. The van der Waals surface area contributed by atoms with Crippen LogP contribution in [0.1, 0.15) is 45.5 Å². The van der Waals surface area contributed by atoms with Crippen molar-refractivity contribution in [1.82, 2.24) is 14.6 Å². The first-order valence-electron chi connectivity index (χ1n) is 5.71. The summed E-state index contributed by atoms with van der Waals surface area (Å²) in [5.41, 5.74) is 4.97. The van der Waals surface area contributed by atoms with Crippen LogP contribution >= 0.6 is 11.3 Å². The normalized spacial score (nSPS) is 22.2. The standard InChI is InChI=1S/C12H17N3S/c1-11(2)5-8-9(12(3,4)6-11)15-10(14-8)16-7-13-15/h7H,5-6H2,1-4H3. The Morgan fingerprint density at radius 2 is 2.06 bits per heavy atom. The maximum absolute atomic E-state index is 4.72. The van der Waals surface area contributed by atoms with E-state index in [2.05, 4.69) is 32.8 Å². The second-order valence-electron chi connectivity index (χ2n) is 6.24. The first kappa shape index (κ1) is 10.3. The number of rotatable bonds is 0. The van der Waals surface area contributed by atoms with E-state index in [4.69, 9.17) is 4.98 Å². The Kier molecular flexibility index (Phi) is 1.83. The molecule has 3 nitrogen and oxygen atoms in total. The molecule has 0 fully saturated rings. The molecule has 2 heterocycles. The zero-order chi connectivity index (χ0) is 11.6. The van der Waals surface area contributed by atoms with E-state index in [1.165, 1.54) is 17.8 Å². The van der Waals surface area contributed by atoms with E-state index in [9.17, 15) is 0 Å². The molecular formula is C12H17N3S. The summed E-state index contributed by atoms with van der Waals surface area (Å²) >= 11 is 1.62. The van der Waals surface area contributed by atoms with Gasteiger partial charge in [-0.05, 0) is 18.3 Å². The molecule has 86 valence electrons. The maximum atomic E-state index is 4.72. The minimum absolute atomic E-state index is 0.171. The number of hydrogen-bond acceptors (Lipinski definition) is 3. The van der Waals surface area contributed by atoms with Crippen LogP contribution in [0, 0.1) is 5.41 Å². The van der Waals surface area contributed by atoms with Gasteiger partial charge in [0.2, 0.25) is 4.96 Å². The van der Waals surface area contributed by atoms with Crippen LogP contribution < -0.4 is 0 Å². The zero-order valence-electron chi connectivity index (χ0n) is 10.2. The van der Waals surface area contributed by atoms with Gasteiger partial charge in [-0.3, -0.25) is 0 Å². The van der Waals surface area contributed by atoms with E-state index in [1.54, 1.807) is 11.3 Å². The Hall–Kier alpha value is -0.900. The van der Waals surface area contributed by atoms with Crippen LogP contribution in [0.4, 0.5) is 0 Å². The molecule has 0 saturated carbocycles. The summed E-state index contributed by atoms with van der Waals surface area (Å²) in [6.07, 6.45) is 2.26. The molecule has 0 bridgehead atoms. The Morgan fingerprint density at radius 1 is 1.31 bits per heavy atom. The van der Waals surface area contributed by atoms with Gasteiger partial charge in [0, 0.05) is 5.41 Å². The molecule has 0 saturated heterocycles. The van der Waals surface area contributed by atoms with Gasteiger partial charge >= 0.3 is 0 Å². The average Bonchev–Trinajstić information content (AvgIpc) is 2.56. The van der Waals surface area contributed by atoms with Crippen molar-refractivity contribution in [2.24, 2.45) is 5.41 Å². The fourth-order valence-corrected chi connectivity index (χ4v) is 3.97. The third-order valence-corrected chi connectivity index (χ3v) is 4.10. The molecule has 2 aromatic heterocycles. The fourth-order valence-electron chi connectivity index (χ4n) is 3.33. The van der Waals surface area contributed by atoms with Crippen molar-refractivity contribution in [3.63, 3.8) is 0 Å². The van der Waals surface area contributed by atoms with E-state index in [1.807, 2.05) is 10.0 Å². The molecule has 0 unspecified atom stereocenters. The molecule has 0 aromatic carbocycles. The lowest BCUT2D eigenvalue weighted by atomic mass is 9.66. The third kappa shape index (κ3) is 1.32. The van der Waals surface area contributed by atoms with E-state index < -0.39 is 0 Å². The lowest BCUT2D eigenvalue weighted by molar-refractivity contribution is 0.223. The van der Waals surface area contributed by atoms with Crippen molar-refractivity contribution in [3.8, 4) is 0 Å². The second-order valence-corrected chi connectivity index (χ2v) is 7.05. The predicted octanol–water partition coefficient (Wildman–Crippen LogP) is 3.04. The number of nitrogens with zero attached hydrogens (tertiary/aromatic N) is 3. The van der Waals surface area contributed by atoms with Crippen LogP contribution in [0.5, 0.6) is 0 Å². The third-order valence-electron chi connectivity index (χ3n) is 3.43. The monoisotopic (exact) mass is 235 g/mol. The van der Waals surface area contributed by atoms with Crippen molar-refractivity contribution in [2.45, 2.75) is 46.0 Å². The number of imidazole rings is 1. The molecule has 0 spiro atoms. The number of fused-ring (bicyclic) bond motifs is 3. The van der Waals surface area contributed by atoms with Crippen molar-refractivity contribution in [3.05, 3.63) is 16.9 Å². The van der Waals surface area contributed by atoms with Crippen molar-refractivity contribution >= 4 is 16.3 Å². The number of aromatic nitrogens is 3. The van der Waals surface area contributed by atoms with E-state index in [-0.39, 0.29) is 5.41 Å². The highest BCUT2D eigenvalue weighted by Gasteiger charge is 2.41. The maximum Gasteiger partial charge on any atom is 0.212 e. The van der Waals surface area contributed by atoms with Gasteiger partial charge < -0.3 is 0 Å². The minimum atomic E-state index is 0.171. The van der Waals surface area contributed by atoms with Gasteiger partial charge in [-0.2, -0.15) is 5.10 Å². The molecule has 16 heavy (non-hydrogen) atoms. The van der Waals surface area contributed by atoms with Crippen molar-refractivity contribution in [2.75, 3.05) is 0 Å². The quantitative estimate of drug-likeness (QED) is 0.702. The highest BCUT2D eigenvalue weighted by molar-refractivity contribution is 7.14. The van der Waals surface area contributed by atoms with Crippen LogP contribution in [0.15, 0.2) is 5.51 Å². The van der Waals surface area contributed by atoms with Crippen molar-refractivity contribution < 1.29 is 0 Å². The Morgan fingerprint density at radius 3 is 2.81 bits per heavy atom. The zero-order valence-corrected chi connectivity index (χ0v) is 11.1. The van der Waals surface area contributed by atoms with Crippen LogP contribution in [0.2, 0.25) is 0 Å². The topological polar surface area (TPSA) is 30.2 Å². The summed E-state index contributed by atoms with van der Waals surface area (Å²) < 4.78 is 2.04. The van der Waals surface area contributed by atoms with Gasteiger partial charge in [-0.15, -0.1) is 0 Å². The Balaban J connectivity index is 2.29. The summed E-state index contributed by atoms with van der Waals surface area (Å²) in [6.45, 7) is 9.28. The molecule has 4 heteroatoms. The molecule has 0 N–H and O–H groups in total. The minimum Gasteiger partial charge on any atom is -0.222 e. The lowest BCUT2D eigenvalue weighted by Gasteiger charge is -2.39. The fraction of sp³-hybridized carbons (Fsp3) is 0.667. The van der Waals surface area contributed by atoms with Crippen LogP contribution in [0.25, 0.3) is 4.96 Å². The first-order chi connectivity index (χ1) is 7.39. The Bertz CT molecular complexity index is 548. The van der Waals surface area contributed by atoms with Gasteiger partial charge in [-0.25, -0.2) is 9.50 Å². The molecule has 0 atom stereocenters. The van der Waals surface area contributed by atoms with Crippen LogP contribution in [-0.2, 0) is 11.8 Å². The van der Waals surface area contributed by atoms with Gasteiger partial charge in [0.1, 0.15) is 5.51 Å².